The molecule has 0 atom stereocenters. The van der Waals surface area contributed by atoms with Crippen molar-refractivity contribution in [3.8, 4) is 0 Å². The van der Waals surface area contributed by atoms with Gasteiger partial charge in [-0.3, -0.25) is 0 Å². The lowest BCUT2D eigenvalue weighted by Crippen LogP contribution is -2.15. The van der Waals surface area contributed by atoms with Crippen molar-refractivity contribution >= 4 is 0 Å². The fourth-order valence-electron chi connectivity index (χ4n) is 4.53. The molecule has 13 nitrogen and oxygen atoms in total. The summed E-state index contributed by atoms with van der Waals surface area (Å²) < 4.78 is 71.7. The molecule has 0 bridgehead atoms. The molecule has 13 heteroatoms. The number of ether oxygens (including phenoxy) is 13. The van der Waals surface area contributed by atoms with Crippen molar-refractivity contribution in [3.63, 3.8) is 0 Å². The van der Waals surface area contributed by atoms with Gasteiger partial charge in [-0.2, -0.15) is 0 Å². The van der Waals surface area contributed by atoms with E-state index in [2.05, 4.69) is 13.8 Å². The molecule has 52 heavy (non-hydrogen) atoms. The Morgan fingerprint density at radius 1 is 0.154 bits per heavy atom. The predicted octanol–water partition coefficient (Wildman–Crippen LogP) is 5.53. The molecule has 0 aliphatic carbocycles. The zero-order chi connectivity index (χ0) is 37.4. The van der Waals surface area contributed by atoms with Crippen molar-refractivity contribution in [1.82, 2.24) is 0 Å². The molecule has 0 aliphatic rings. The average molecular weight is 757 g/mol. The van der Waals surface area contributed by atoms with Gasteiger partial charge in [-0.05, 0) is 12.8 Å². The van der Waals surface area contributed by atoms with Crippen LogP contribution in [0.1, 0.15) is 84.5 Å². The molecule has 0 saturated heterocycles. The van der Waals surface area contributed by atoms with Crippen LogP contribution < -0.4 is 0 Å². The SMILES string of the molecule is CCCCCCCCCCOCCOCCOCCOCCOCCOCCOCCOCCOCCOCCOCCOCCOCCCCC. The highest BCUT2D eigenvalue weighted by Gasteiger charge is 1.98. The molecule has 0 amide bonds. The van der Waals surface area contributed by atoms with Crippen LogP contribution in [0, 0.1) is 0 Å². The molecule has 0 heterocycles. The number of hydrogen-bond donors (Lipinski definition) is 0. The van der Waals surface area contributed by atoms with Crippen LogP contribution in [0.25, 0.3) is 0 Å². The average Bonchev–Trinajstić information content (AvgIpc) is 3.16. The summed E-state index contributed by atoms with van der Waals surface area (Å²) >= 11 is 0. The van der Waals surface area contributed by atoms with Crippen molar-refractivity contribution in [2.24, 2.45) is 0 Å². The highest BCUT2D eigenvalue weighted by molar-refractivity contribution is 4.46. The minimum absolute atomic E-state index is 0.517. The van der Waals surface area contributed by atoms with Gasteiger partial charge >= 0.3 is 0 Å². The fourth-order valence-corrected chi connectivity index (χ4v) is 4.53. The molecular formula is C39H80O13. The lowest BCUT2D eigenvalue weighted by atomic mass is 10.1. The molecule has 0 saturated carbocycles. The summed E-state index contributed by atoms with van der Waals surface area (Å²) in [5.41, 5.74) is 0. The maximum Gasteiger partial charge on any atom is 0.0701 e. The summed E-state index contributed by atoms with van der Waals surface area (Å²) in [7, 11) is 0. The third kappa shape index (κ3) is 49.5. The zero-order valence-corrected chi connectivity index (χ0v) is 33.5. The highest BCUT2D eigenvalue weighted by Crippen LogP contribution is 2.08. The number of rotatable bonds is 49. The van der Waals surface area contributed by atoms with E-state index in [1.54, 1.807) is 0 Å². The molecular weight excluding hydrogens is 676 g/mol. The largest absolute Gasteiger partial charge is 0.379 e. The van der Waals surface area contributed by atoms with E-state index in [0.29, 0.717) is 159 Å². The van der Waals surface area contributed by atoms with Crippen molar-refractivity contribution < 1.29 is 61.6 Å². The van der Waals surface area contributed by atoms with Gasteiger partial charge in [-0.15, -0.1) is 0 Å². The zero-order valence-electron chi connectivity index (χ0n) is 33.5. The quantitative estimate of drug-likeness (QED) is 0.0725. The minimum Gasteiger partial charge on any atom is -0.379 e. The van der Waals surface area contributed by atoms with Gasteiger partial charge in [0.25, 0.3) is 0 Å². The van der Waals surface area contributed by atoms with Crippen LogP contribution in [-0.4, -0.2) is 172 Å². The Hall–Kier alpha value is -0.520. The summed E-state index contributed by atoms with van der Waals surface area (Å²) in [6.07, 6.45) is 14.1. The van der Waals surface area contributed by atoms with Crippen LogP contribution in [0.3, 0.4) is 0 Å². The van der Waals surface area contributed by atoms with Gasteiger partial charge < -0.3 is 61.6 Å². The van der Waals surface area contributed by atoms with E-state index >= 15 is 0 Å². The van der Waals surface area contributed by atoms with Gasteiger partial charge in [0.15, 0.2) is 0 Å². The number of hydrogen-bond acceptors (Lipinski definition) is 13. The van der Waals surface area contributed by atoms with E-state index in [-0.39, 0.29) is 0 Å². The van der Waals surface area contributed by atoms with Gasteiger partial charge in [-0.1, -0.05) is 71.6 Å². The Morgan fingerprint density at radius 3 is 0.500 bits per heavy atom. The van der Waals surface area contributed by atoms with Crippen molar-refractivity contribution in [2.75, 3.05) is 172 Å². The first-order valence-corrected chi connectivity index (χ1v) is 20.4. The maximum absolute atomic E-state index is 5.63. The second kappa shape index (κ2) is 50.5. The molecule has 0 aliphatic heterocycles. The van der Waals surface area contributed by atoms with E-state index in [1.807, 2.05) is 0 Å². The first kappa shape index (κ1) is 51.5. The Bertz CT molecular complexity index is 557. The molecule has 0 aromatic rings. The molecule has 0 N–H and O–H groups in total. The van der Waals surface area contributed by atoms with Crippen LogP contribution in [0.2, 0.25) is 0 Å². The van der Waals surface area contributed by atoms with E-state index < -0.39 is 0 Å². The van der Waals surface area contributed by atoms with Crippen LogP contribution in [0.5, 0.6) is 0 Å². The van der Waals surface area contributed by atoms with Gasteiger partial charge in [0, 0.05) is 13.2 Å². The van der Waals surface area contributed by atoms with E-state index in [4.69, 9.17) is 61.6 Å². The normalized spacial score (nSPS) is 11.7. The second-order valence-corrected chi connectivity index (χ2v) is 12.1. The molecule has 0 spiro atoms. The van der Waals surface area contributed by atoms with Gasteiger partial charge in [0.2, 0.25) is 0 Å². The maximum atomic E-state index is 5.63. The highest BCUT2D eigenvalue weighted by atomic mass is 16.6. The lowest BCUT2D eigenvalue weighted by molar-refractivity contribution is -0.0290. The molecule has 0 radical (unpaired) electrons. The second-order valence-electron chi connectivity index (χ2n) is 12.1. The third-order valence-corrected chi connectivity index (χ3v) is 7.50. The predicted molar refractivity (Wildman–Crippen MR) is 203 cm³/mol. The van der Waals surface area contributed by atoms with Gasteiger partial charge in [0.1, 0.15) is 0 Å². The topological polar surface area (TPSA) is 120 Å². The summed E-state index contributed by atoms with van der Waals surface area (Å²) in [4.78, 5) is 0. The fraction of sp³-hybridized carbons (Fsp3) is 1.00. The van der Waals surface area contributed by atoms with E-state index in [9.17, 15) is 0 Å². The monoisotopic (exact) mass is 757 g/mol. The first-order chi connectivity index (χ1) is 25.9. The van der Waals surface area contributed by atoms with Crippen LogP contribution in [0.15, 0.2) is 0 Å². The van der Waals surface area contributed by atoms with Crippen molar-refractivity contribution in [1.29, 1.82) is 0 Å². The Morgan fingerprint density at radius 2 is 0.288 bits per heavy atom. The molecule has 0 aromatic heterocycles. The lowest BCUT2D eigenvalue weighted by Gasteiger charge is -2.09. The van der Waals surface area contributed by atoms with Crippen LogP contribution in [0.4, 0.5) is 0 Å². The van der Waals surface area contributed by atoms with Gasteiger partial charge in [-0.25, -0.2) is 0 Å². The third-order valence-electron chi connectivity index (χ3n) is 7.50. The summed E-state index contributed by atoms with van der Waals surface area (Å²) in [5.74, 6) is 0. The molecule has 0 rings (SSSR count). The Labute approximate surface area is 317 Å². The molecule has 0 aromatic carbocycles. The summed E-state index contributed by atoms with van der Waals surface area (Å²) in [6.45, 7) is 19.3. The standard InChI is InChI=1S/C39H80O13/c1-3-5-7-8-9-10-11-13-15-41-17-19-43-21-23-45-25-27-47-29-31-49-33-35-51-37-39-52-38-36-50-34-32-48-30-28-46-26-24-44-22-20-42-18-16-40-14-12-6-4-2/h3-39H2,1-2H3. The summed E-state index contributed by atoms with van der Waals surface area (Å²) in [5, 5.41) is 0. The van der Waals surface area contributed by atoms with E-state index in [1.165, 1.54) is 57.8 Å². The Kier molecular flexibility index (Phi) is 50.0. The Balaban J connectivity index is 3.04. The molecule has 314 valence electrons. The minimum atomic E-state index is 0.517. The number of unbranched alkanes of at least 4 members (excludes halogenated alkanes) is 9. The smallest absolute Gasteiger partial charge is 0.0701 e. The first-order valence-electron chi connectivity index (χ1n) is 20.4. The van der Waals surface area contributed by atoms with Crippen LogP contribution >= 0.6 is 0 Å². The van der Waals surface area contributed by atoms with Crippen molar-refractivity contribution in [3.05, 3.63) is 0 Å². The van der Waals surface area contributed by atoms with Crippen LogP contribution in [-0.2, 0) is 61.6 Å². The van der Waals surface area contributed by atoms with Crippen molar-refractivity contribution in [2.45, 2.75) is 84.5 Å². The van der Waals surface area contributed by atoms with Gasteiger partial charge in [0.05, 0.1) is 159 Å². The molecule has 0 fully saturated rings. The molecule has 0 unspecified atom stereocenters. The van der Waals surface area contributed by atoms with E-state index in [0.717, 1.165) is 26.1 Å². The summed E-state index contributed by atoms with van der Waals surface area (Å²) in [6, 6.07) is 0.